The average Bonchev–Trinajstić information content (AvgIpc) is 3.31. The largest absolute Gasteiger partial charge is 0.481 e. The van der Waals surface area contributed by atoms with Crippen LogP contribution in [0, 0.1) is 17.8 Å². The minimum Gasteiger partial charge on any atom is -0.481 e. The van der Waals surface area contributed by atoms with Gasteiger partial charge in [-0.25, -0.2) is 0 Å². The van der Waals surface area contributed by atoms with Crippen molar-refractivity contribution < 1.29 is 14.7 Å². The van der Waals surface area contributed by atoms with Gasteiger partial charge in [-0.15, -0.1) is 11.3 Å². The maximum Gasteiger partial charge on any atom is 0.306 e. The summed E-state index contributed by atoms with van der Waals surface area (Å²) in [6.07, 6.45) is 5.70. The Morgan fingerprint density at radius 3 is 2.84 bits per heavy atom. The number of hydrogen-bond acceptors (Lipinski definition) is 4. The molecule has 0 saturated heterocycles. The van der Waals surface area contributed by atoms with Crippen LogP contribution in [0.25, 0.3) is 0 Å². The van der Waals surface area contributed by atoms with Crippen molar-refractivity contribution in [2.24, 2.45) is 17.8 Å². The Bertz CT molecular complexity index is 818. The lowest BCUT2D eigenvalue weighted by atomic mass is 9.86. The number of carboxylic acids is 1. The number of carbonyl (C=O) groups is 2. The predicted octanol–water partition coefficient (Wildman–Crippen LogP) is 2.88. The summed E-state index contributed by atoms with van der Waals surface area (Å²) in [7, 11) is 0. The van der Waals surface area contributed by atoms with E-state index in [0.29, 0.717) is 28.8 Å². The van der Waals surface area contributed by atoms with Crippen molar-refractivity contribution in [2.75, 3.05) is 0 Å². The normalized spacial score (nSPS) is 27.6. The molecule has 2 aromatic rings. The van der Waals surface area contributed by atoms with Gasteiger partial charge < -0.3 is 10.4 Å². The van der Waals surface area contributed by atoms with Gasteiger partial charge >= 0.3 is 5.97 Å². The van der Waals surface area contributed by atoms with Crippen molar-refractivity contribution in [1.29, 1.82) is 0 Å². The zero-order valence-corrected chi connectivity index (χ0v) is 15.0. The van der Waals surface area contributed by atoms with Crippen LogP contribution in [0.2, 0.25) is 5.02 Å². The van der Waals surface area contributed by atoms with Gasteiger partial charge in [-0.3, -0.25) is 14.3 Å². The highest BCUT2D eigenvalue weighted by atomic mass is 35.5. The number of halogens is 1. The van der Waals surface area contributed by atoms with E-state index < -0.39 is 5.97 Å². The fraction of sp³-hybridized carbons (Fsp3) is 0.471. The highest BCUT2D eigenvalue weighted by molar-refractivity contribution is 7.12. The first-order valence-electron chi connectivity index (χ1n) is 8.28. The second kappa shape index (κ2) is 6.46. The molecule has 0 aromatic carbocycles. The molecule has 2 aliphatic carbocycles. The highest BCUT2D eigenvalue weighted by Crippen LogP contribution is 2.48. The highest BCUT2D eigenvalue weighted by Gasteiger charge is 2.49. The summed E-state index contributed by atoms with van der Waals surface area (Å²) in [5, 5.41) is 19.0. The molecule has 8 heteroatoms. The number of aliphatic carboxylic acids is 1. The van der Waals surface area contributed by atoms with E-state index in [9.17, 15) is 14.7 Å². The summed E-state index contributed by atoms with van der Waals surface area (Å²) >= 11 is 7.27. The molecule has 4 atom stereocenters. The fourth-order valence-electron chi connectivity index (χ4n) is 4.18. The van der Waals surface area contributed by atoms with Crippen molar-refractivity contribution in [1.82, 2.24) is 15.1 Å². The maximum absolute atomic E-state index is 12.5. The lowest BCUT2D eigenvalue weighted by molar-refractivity contribution is -0.143. The van der Waals surface area contributed by atoms with Crippen molar-refractivity contribution in [2.45, 2.75) is 31.8 Å². The molecule has 1 amide bonds. The van der Waals surface area contributed by atoms with Crippen LogP contribution in [0.1, 0.15) is 34.5 Å². The third-order valence-corrected chi connectivity index (χ3v) is 6.49. The summed E-state index contributed by atoms with van der Waals surface area (Å²) in [6.45, 7) is 0.574. The van der Waals surface area contributed by atoms with Gasteiger partial charge in [0.25, 0.3) is 5.91 Å². The van der Waals surface area contributed by atoms with Crippen molar-refractivity contribution in [3.8, 4) is 0 Å². The number of thiophene rings is 1. The number of fused-ring (bicyclic) bond motifs is 2. The van der Waals surface area contributed by atoms with E-state index in [1.807, 2.05) is 11.4 Å². The topological polar surface area (TPSA) is 84.2 Å². The maximum atomic E-state index is 12.5. The van der Waals surface area contributed by atoms with E-state index in [-0.39, 0.29) is 23.8 Å². The molecule has 2 aliphatic rings. The van der Waals surface area contributed by atoms with Crippen LogP contribution in [0.4, 0.5) is 0 Å². The third-order valence-electron chi connectivity index (χ3n) is 5.31. The molecule has 2 fully saturated rings. The van der Waals surface area contributed by atoms with Gasteiger partial charge in [-0.05, 0) is 48.1 Å². The van der Waals surface area contributed by atoms with Crippen molar-refractivity contribution in [3.05, 3.63) is 39.3 Å². The van der Waals surface area contributed by atoms with E-state index in [0.717, 1.165) is 18.4 Å². The predicted molar refractivity (Wildman–Crippen MR) is 93.9 cm³/mol. The van der Waals surface area contributed by atoms with Crippen LogP contribution in [-0.2, 0) is 11.3 Å². The first-order valence-corrected chi connectivity index (χ1v) is 9.54. The van der Waals surface area contributed by atoms with Gasteiger partial charge in [-0.1, -0.05) is 11.6 Å². The zero-order valence-electron chi connectivity index (χ0n) is 13.4. The second-order valence-electron chi connectivity index (χ2n) is 6.93. The van der Waals surface area contributed by atoms with Crippen molar-refractivity contribution in [3.63, 3.8) is 0 Å². The number of carbonyl (C=O) groups excluding carboxylic acids is 1. The number of amides is 1. The van der Waals surface area contributed by atoms with Crippen LogP contribution < -0.4 is 5.32 Å². The molecule has 2 heterocycles. The van der Waals surface area contributed by atoms with Gasteiger partial charge in [0, 0.05) is 12.2 Å². The molecule has 0 unspecified atom stereocenters. The molecule has 132 valence electrons. The first-order chi connectivity index (χ1) is 12.0. The average molecular weight is 380 g/mol. The van der Waals surface area contributed by atoms with Crippen molar-refractivity contribution >= 4 is 34.8 Å². The Hall–Kier alpha value is -1.86. The first kappa shape index (κ1) is 16.6. The lowest BCUT2D eigenvalue weighted by Gasteiger charge is -2.26. The molecule has 0 aliphatic heterocycles. The number of rotatable bonds is 5. The van der Waals surface area contributed by atoms with E-state index >= 15 is 0 Å². The van der Waals surface area contributed by atoms with E-state index in [1.54, 1.807) is 17.1 Å². The SMILES string of the molecule is O=C(N[C@@H]1C[C@H]2C[C@@H]1C[C@H]2C(=O)O)c1cc(Cn2cc(Cl)cn2)cs1. The lowest BCUT2D eigenvalue weighted by Crippen LogP contribution is -2.40. The molecule has 6 nitrogen and oxygen atoms in total. The van der Waals surface area contributed by atoms with Crippen LogP contribution in [-0.4, -0.2) is 32.8 Å². The van der Waals surface area contributed by atoms with Crippen LogP contribution in [0.3, 0.4) is 0 Å². The summed E-state index contributed by atoms with van der Waals surface area (Å²) in [5.74, 6) is -0.498. The number of hydrogen-bond donors (Lipinski definition) is 2. The second-order valence-corrected chi connectivity index (χ2v) is 8.27. The minimum atomic E-state index is -0.695. The molecule has 2 bridgehead atoms. The standard InChI is InChI=1S/C17H18ClN3O3S/c18-12-5-19-21(7-12)6-9-1-15(25-8-9)16(22)20-14-4-10-2-11(14)3-13(10)17(23)24/h1,5,7-8,10-11,13-14H,2-4,6H2,(H,20,22)(H,23,24)/t10-,11-,13-,14-/m1/s1. The summed E-state index contributed by atoms with van der Waals surface area (Å²) < 4.78 is 1.73. The smallest absolute Gasteiger partial charge is 0.306 e. The van der Waals surface area contributed by atoms with E-state index in [1.165, 1.54) is 11.3 Å². The fourth-order valence-corrected chi connectivity index (χ4v) is 5.15. The Morgan fingerprint density at radius 2 is 2.20 bits per heavy atom. The number of carboxylic acid groups (broad SMARTS) is 1. The molecule has 0 spiro atoms. The number of nitrogens with zero attached hydrogens (tertiary/aromatic N) is 2. The summed E-state index contributed by atoms with van der Waals surface area (Å²) in [6, 6.07) is 1.98. The minimum absolute atomic E-state index is 0.0702. The van der Waals surface area contributed by atoms with Gasteiger partial charge in [0.1, 0.15) is 0 Å². The van der Waals surface area contributed by atoms with E-state index in [4.69, 9.17) is 11.6 Å². The molecule has 25 heavy (non-hydrogen) atoms. The quantitative estimate of drug-likeness (QED) is 0.836. The molecular weight excluding hydrogens is 362 g/mol. The van der Waals surface area contributed by atoms with Crippen LogP contribution in [0.5, 0.6) is 0 Å². The molecule has 4 rings (SSSR count). The molecular formula is C17H18ClN3O3S. The van der Waals surface area contributed by atoms with E-state index in [2.05, 4.69) is 10.4 Å². The van der Waals surface area contributed by atoms with Gasteiger partial charge in [0.2, 0.25) is 0 Å². The Labute approximate surface area is 153 Å². The molecule has 0 radical (unpaired) electrons. The zero-order chi connectivity index (χ0) is 17.6. The Morgan fingerprint density at radius 1 is 1.36 bits per heavy atom. The Kier molecular flexibility index (Phi) is 4.29. The summed E-state index contributed by atoms with van der Waals surface area (Å²) in [4.78, 5) is 24.4. The number of aromatic nitrogens is 2. The van der Waals surface area contributed by atoms with Gasteiger partial charge in [0.05, 0.1) is 28.6 Å². The van der Waals surface area contributed by atoms with Gasteiger partial charge in [-0.2, -0.15) is 5.10 Å². The van der Waals surface area contributed by atoms with Crippen LogP contribution >= 0.6 is 22.9 Å². The summed E-state index contributed by atoms with van der Waals surface area (Å²) in [5.41, 5.74) is 1.01. The number of nitrogens with one attached hydrogen (secondary N) is 1. The third kappa shape index (κ3) is 3.30. The molecule has 2 saturated carbocycles. The van der Waals surface area contributed by atoms with Gasteiger partial charge in [0.15, 0.2) is 0 Å². The Balaban J connectivity index is 1.36. The molecule has 2 N–H and O–H groups in total. The van der Waals surface area contributed by atoms with Crippen LogP contribution in [0.15, 0.2) is 23.8 Å². The molecule has 2 aromatic heterocycles. The monoisotopic (exact) mass is 379 g/mol.